The second-order valence-electron chi connectivity index (χ2n) is 6.42. The molecular formula is C21H23N3O2S. The third-order valence-electron chi connectivity index (χ3n) is 4.32. The summed E-state index contributed by atoms with van der Waals surface area (Å²) < 4.78 is 5.86. The number of benzene rings is 2. The van der Waals surface area contributed by atoms with Crippen LogP contribution in [-0.2, 0) is 11.4 Å². The summed E-state index contributed by atoms with van der Waals surface area (Å²) in [5.74, 6) is 0.567. The molecule has 0 bridgehead atoms. The number of carbonyl (C=O) groups excluding carboxylic acids is 1. The van der Waals surface area contributed by atoms with Crippen molar-refractivity contribution in [2.45, 2.75) is 39.7 Å². The molecule has 0 aliphatic heterocycles. The Morgan fingerprint density at radius 2 is 1.93 bits per heavy atom. The van der Waals surface area contributed by atoms with Crippen LogP contribution in [0.3, 0.4) is 0 Å². The minimum atomic E-state index is -0.204. The molecule has 1 amide bonds. The highest BCUT2D eigenvalue weighted by atomic mass is 32.1. The van der Waals surface area contributed by atoms with Crippen molar-refractivity contribution in [3.8, 4) is 5.75 Å². The van der Waals surface area contributed by atoms with E-state index in [0.717, 1.165) is 33.9 Å². The highest BCUT2D eigenvalue weighted by molar-refractivity contribution is 7.15. The first-order chi connectivity index (χ1) is 13.1. The van der Waals surface area contributed by atoms with Gasteiger partial charge in [0.05, 0.1) is 5.92 Å². The highest BCUT2D eigenvalue weighted by Gasteiger charge is 2.20. The van der Waals surface area contributed by atoms with Gasteiger partial charge in [-0.15, -0.1) is 10.2 Å². The number of ether oxygens (including phenoxy) is 1. The standard InChI is InChI=1S/C21H23N3O2S/c1-4-17(16-8-6-5-7-9-16)20(25)22-21-24-23-19(27-21)13-26-18-12-14(2)10-11-15(18)3/h5-12,17H,4,13H2,1-3H3,(H,22,24,25)/t17-/m0/s1. The van der Waals surface area contributed by atoms with Gasteiger partial charge in [-0.25, -0.2) is 0 Å². The Labute approximate surface area is 163 Å². The van der Waals surface area contributed by atoms with Crippen LogP contribution in [-0.4, -0.2) is 16.1 Å². The van der Waals surface area contributed by atoms with Crippen molar-refractivity contribution in [2.75, 3.05) is 5.32 Å². The average Bonchev–Trinajstić information content (AvgIpc) is 3.11. The summed E-state index contributed by atoms with van der Waals surface area (Å²) in [6, 6.07) is 15.9. The number of anilines is 1. The van der Waals surface area contributed by atoms with Gasteiger partial charge in [-0.3, -0.25) is 10.1 Å². The third-order valence-corrected chi connectivity index (χ3v) is 5.13. The molecule has 0 aliphatic rings. The molecule has 6 heteroatoms. The largest absolute Gasteiger partial charge is 0.486 e. The summed E-state index contributed by atoms with van der Waals surface area (Å²) in [7, 11) is 0. The number of aromatic nitrogens is 2. The summed E-state index contributed by atoms with van der Waals surface area (Å²) in [5, 5.41) is 12.3. The van der Waals surface area contributed by atoms with E-state index in [9.17, 15) is 4.79 Å². The monoisotopic (exact) mass is 381 g/mol. The topological polar surface area (TPSA) is 64.1 Å². The summed E-state index contributed by atoms with van der Waals surface area (Å²) in [6.45, 7) is 6.37. The van der Waals surface area contributed by atoms with Crippen LogP contribution in [0.2, 0.25) is 0 Å². The van der Waals surface area contributed by atoms with Gasteiger partial charge in [-0.1, -0.05) is 60.7 Å². The van der Waals surface area contributed by atoms with Crippen LogP contribution in [0.1, 0.15) is 41.0 Å². The maximum atomic E-state index is 12.6. The summed E-state index contributed by atoms with van der Waals surface area (Å²) in [6.07, 6.45) is 0.719. The minimum absolute atomic E-state index is 0.0677. The lowest BCUT2D eigenvalue weighted by Gasteiger charge is -2.13. The second kappa shape index (κ2) is 8.77. The fourth-order valence-corrected chi connectivity index (χ4v) is 3.47. The Hall–Kier alpha value is -2.73. The van der Waals surface area contributed by atoms with E-state index >= 15 is 0 Å². The predicted octanol–water partition coefficient (Wildman–Crippen LogP) is 4.87. The molecule has 0 aliphatic carbocycles. The van der Waals surface area contributed by atoms with Gasteiger partial charge in [0.15, 0.2) is 5.01 Å². The number of hydrogen-bond donors (Lipinski definition) is 1. The van der Waals surface area contributed by atoms with Crippen molar-refractivity contribution in [3.05, 3.63) is 70.2 Å². The Morgan fingerprint density at radius 1 is 1.15 bits per heavy atom. The van der Waals surface area contributed by atoms with E-state index in [4.69, 9.17) is 4.74 Å². The molecule has 0 saturated heterocycles. The molecule has 3 aromatic rings. The first kappa shape index (κ1) is 19.0. The molecule has 0 saturated carbocycles. The lowest BCUT2D eigenvalue weighted by atomic mass is 9.96. The molecule has 1 aromatic heterocycles. The van der Waals surface area contributed by atoms with Crippen LogP contribution >= 0.6 is 11.3 Å². The number of rotatable bonds is 7. The van der Waals surface area contributed by atoms with E-state index in [2.05, 4.69) is 21.6 Å². The van der Waals surface area contributed by atoms with Crippen LogP contribution in [0.4, 0.5) is 5.13 Å². The van der Waals surface area contributed by atoms with Gasteiger partial charge in [-0.05, 0) is 43.0 Å². The molecule has 1 atom stereocenters. The molecule has 27 heavy (non-hydrogen) atoms. The zero-order chi connectivity index (χ0) is 19.2. The van der Waals surface area contributed by atoms with Gasteiger partial charge in [0, 0.05) is 0 Å². The fraction of sp³-hybridized carbons (Fsp3) is 0.286. The minimum Gasteiger partial charge on any atom is -0.486 e. The van der Waals surface area contributed by atoms with Gasteiger partial charge < -0.3 is 4.74 Å². The van der Waals surface area contributed by atoms with Gasteiger partial charge in [0.25, 0.3) is 0 Å². The van der Waals surface area contributed by atoms with E-state index in [1.54, 1.807) is 0 Å². The molecule has 0 unspecified atom stereocenters. The van der Waals surface area contributed by atoms with Crippen molar-refractivity contribution in [2.24, 2.45) is 0 Å². The smallest absolute Gasteiger partial charge is 0.233 e. The Morgan fingerprint density at radius 3 is 2.67 bits per heavy atom. The highest BCUT2D eigenvalue weighted by Crippen LogP contribution is 2.25. The molecule has 0 radical (unpaired) electrons. The van der Waals surface area contributed by atoms with Gasteiger partial charge in [0.2, 0.25) is 11.0 Å². The number of nitrogens with one attached hydrogen (secondary N) is 1. The molecule has 1 heterocycles. The SMILES string of the molecule is CC[C@H](C(=O)Nc1nnc(COc2cc(C)ccc2C)s1)c1ccccc1. The number of nitrogens with zero attached hydrogens (tertiary/aromatic N) is 2. The Balaban J connectivity index is 1.62. The van der Waals surface area contributed by atoms with E-state index in [1.807, 2.05) is 63.2 Å². The summed E-state index contributed by atoms with van der Waals surface area (Å²) in [4.78, 5) is 12.6. The molecule has 140 valence electrons. The molecule has 5 nitrogen and oxygen atoms in total. The van der Waals surface area contributed by atoms with Crippen molar-refractivity contribution >= 4 is 22.4 Å². The number of aryl methyl sites for hydroxylation is 2. The first-order valence-corrected chi connectivity index (χ1v) is 9.76. The molecule has 0 spiro atoms. The summed E-state index contributed by atoms with van der Waals surface area (Å²) >= 11 is 1.33. The van der Waals surface area contributed by atoms with E-state index in [-0.39, 0.29) is 11.8 Å². The lowest BCUT2D eigenvalue weighted by molar-refractivity contribution is -0.117. The lowest BCUT2D eigenvalue weighted by Crippen LogP contribution is -2.20. The third kappa shape index (κ3) is 4.92. The first-order valence-electron chi connectivity index (χ1n) is 8.95. The van der Waals surface area contributed by atoms with Crippen molar-refractivity contribution in [1.29, 1.82) is 0 Å². The normalized spacial score (nSPS) is 11.8. The van der Waals surface area contributed by atoms with E-state index in [1.165, 1.54) is 11.3 Å². The van der Waals surface area contributed by atoms with E-state index < -0.39 is 0 Å². The van der Waals surface area contributed by atoms with Gasteiger partial charge >= 0.3 is 0 Å². The zero-order valence-corrected chi connectivity index (χ0v) is 16.5. The summed E-state index contributed by atoms with van der Waals surface area (Å²) in [5.41, 5.74) is 3.22. The van der Waals surface area contributed by atoms with Crippen molar-refractivity contribution in [1.82, 2.24) is 10.2 Å². The molecule has 2 aromatic carbocycles. The van der Waals surface area contributed by atoms with Crippen LogP contribution in [0.15, 0.2) is 48.5 Å². The molecule has 0 fully saturated rings. The van der Waals surface area contributed by atoms with Crippen LogP contribution in [0.5, 0.6) is 5.75 Å². The quantitative estimate of drug-likeness (QED) is 0.634. The number of hydrogen-bond acceptors (Lipinski definition) is 5. The van der Waals surface area contributed by atoms with Crippen LogP contribution in [0, 0.1) is 13.8 Å². The molecule has 3 rings (SSSR count). The maximum absolute atomic E-state index is 12.6. The van der Waals surface area contributed by atoms with Gasteiger partial charge in [0.1, 0.15) is 12.4 Å². The maximum Gasteiger partial charge on any atom is 0.233 e. The number of carbonyl (C=O) groups is 1. The van der Waals surface area contributed by atoms with Crippen LogP contribution < -0.4 is 10.1 Å². The van der Waals surface area contributed by atoms with Gasteiger partial charge in [-0.2, -0.15) is 0 Å². The van der Waals surface area contributed by atoms with Crippen molar-refractivity contribution in [3.63, 3.8) is 0 Å². The average molecular weight is 382 g/mol. The second-order valence-corrected chi connectivity index (χ2v) is 7.48. The Kier molecular flexibility index (Phi) is 6.19. The molecular weight excluding hydrogens is 358 g/mol. The Bertz CT molecular complexity index is 909. The van der Waals surface area contributed by atoms with Crippen LogP contribution in [0.25, 0.3) is 0 Å². The zero-order valence-electron chi connectivity index (χ0n) is 15.7. The fourth-order valence-electron chi connectivity index (χ4n) is 2.82. The molecule has 1 N–H and O–H groups in total. The number of amides is 1. The predicted molar refractivity (Wildman–Crippen MR) is 108 cm³/mol. The van der Waals surface area contributed by atoms with Crippen molar-refractivity contribution < 1.29 is 9.53 Å². The van der Waals surface area contributed by atoms with E-state index in [0.29, 0.717) is 11.7 Å².